The molecule has 78 valence electrons. The van der Waals surface area contributed by atoms with E-state index in [1.165, 1.54) is 4.88 Å². The van der Waals surface area contributed by atoms with Gasteiger partial charge in [-0.2, -0.15) is 0 Å². The third-order valence-electron chi connectivity index (χ3n) is 2.16. The van der Waals surface area contributed by atoms with Gasteiger partial charge in [-0.05, 0) is 23.8 Å². The Hall–Kier alpha value is -0.670. The zero-order valence-corrected chi connectivity index (χ0v) is 9.38. The minimum absolute atomic E-state index is 0.0193. The second kappa shape index (κ2) is 5.27. The number of thiophene rings is 1. The maximum absolute atomic E-state index is 11.4. The van der Waals surface area contributed by atoms with Gasteiger partial charge in [0.25, 0.3) is 0 Å². The van der Waals surface area contributed by atoms with E-state index < -0.39 is 6.10 Å². The molecule has 0 aliphatic heterocycles. The molecule has 0 saturated carbocycles. The lowest BCUT2D eigenvalue weighted by atomic mass is 10.00. The number of rotatable bonds is 5. The second-order valence-electron chi connectivity index (χ2n) is 3.73. The second-order valence-corrected chi connectivity index (χ2v) is 4.77. The minimum Gasteiger partial charge on any atom is -0.385 e. The molecule has 0 fully saturated rings. The highest BCUT2D eigenvalue weighted by Gasteiger charge is 2.18. The predicted octanol–water partition coefficient (Wildman–Crippen LogP) is 2.27. The maximum Gasteiger partial charge on any atom is 0.161 e. The van der Waals surface area contributed by atoms with Gasteiger partial charge >= 0.3 is 0 Å². The van der Waals surface area contributed by atoms with Gasteiger partial charge in [0.2, 0.25) is 0 Å². The molecule has 0 aliphatic carbocycles. The van der Waals surface area contributed by atoms with Crippen molar-refractivity contribution < 1.29 is 9.90 Å². The SMILES string of the molecule is CC(C)C(O)C(=O)CCc1cccs1. The Balaban J connectivity index is 2.35. The van der Waals surface area contributed by atoms with Crippen LogP contribution in [-0.4, -0.2) is 17.0 Å². The number of ketones is 1. The molecular weight excluding hydrogens is 196 g/mol. The maximum atomic E-state index is 11.4. The Morgan fingerprint density at radius 1 is 1.57 bits per heavy atom. The Bertz CT molecular complexity index is 277. The van der Waals surface area contributed by atoms with Crippen LogP contribution in [0.25, 0.3) is 0 Å². The van der Waals surface area contributed by atoms with Crippen LogP contribution in [0.5, 0.6) is 0 Å². The Labute approximate surface area is 88.6 Å². The number of carbonyl (C=O) groups is 1. The highest BCUT2D eigenvalue weighted by Crippen LogP contribution is 2.13. The van der Waals surface area contributed by atoms with Crippen molar-refractivity contribution in [1.29, 1.82) is 0 Å². The normalized spacial score (nSPS) is 13.1. The number of aryl methyl sites for hydroxylation is 1. The molecule has 14 heavy (non-hydrogen) atoms. The van der Waals surface area contributed by atoms with E-state index in [0.29, 0.717) is 6.42 Å². The standard InChI is InChI=1S/C11H16O2S/c1-8(2)11(13)10(12)6-5-9-4-3-7-14-9/h3-4,7-8,11,13H,5-6H2,1-2H3. The fourth-order valence-electron chi connectivity index (χ4n) is 1.22. The van der Waals surface area contributed by atoms with Gasteiger partial charge in [-0.25, -0.2) is 0 Å². The minimum atomic E-state index is -0.796. The van der Waals surface area contributed by atoms with E-state index in [-0.39, 0.29) is 11.7 Å². The Morgan fingerprint density at radius 3 is 2.79 bits per heavy atom. The zero-order valence-electron chi connectivity index (χ0n) is 8.56. The van der Waals surface area contributed by atoms with Crippen molar-refractivity contribution in [2.24, 2.45) is 5.92 Å². The van der Waals surface area contributed by atoms with E-state index in [4.69, 9.17) is 0 Å². The Kier molecular flexibility index (Phi) is 4.29. The molecule has 0 saturated heterocycles. The summed E-state index contributed by atoms with van der Waals surface area (Å²) in [4.78, 5) is 12.6. The number of carbonyl (C=O) groups excluding carboxylic acids is 1. The summed E-state index contributed by atoms with van der Waals surface area (Å²) in [5, 5.41) is 11.5. The van der Waals surface area contributed by atoms with Crippen molar-refractivity contribution in [3.05, 3.63) is 22.4 Å². The van der Waals surface area contributed by atoms with E-state index >= 15 is 0 Å². The van der Waals surface area contributed by atoms with E-state index in [2.05, 4.69) is 0 Å². The van der Waals surface area contributed by atoms with Crippen molar-refractivity contribution in [2.75, 3.05) is 0 Å². The van der Waals surface area contributed by atoms with Crippen LogP contribution in [0.1, 0.15) is 25.1 Å². The molecule has 0 aliphatic rings. The van der Waals surface area contributed by atoms with Crippen LogP contribution < -0.4 is 0 Å². The molecule has 0 spiro atoms. The van der Waals surface area contributed by atoms with Crippen LogP contribution in [0.3, 0.4) is 0 Å². The van der Waals surface area contributed by atoms with Gasteiger partial charge in [0.05, 0.1) is 0 Å². The molecule has 1 atom stereocenters. The van der Waals surface area contributed by atoms with E-state index in [1.54, 1.807) is 11.3 Å². The number of hydrogen-bond donors (Lipinski definition) is 1. The first-order valence-electron chi connectivity index (χ1n) is 4.84. The van der Waals surface area contributed by atoms with E-state index in [0.717, 1.165) is 6.42 Å². The third-order valence-corrected chi connectivity index (χ3v) is 3.10. The molecule has 1 unspecified atom stereocenters. The molecule has 1 N–H and O–H groups in total. The Morgan fingerprint density at radius 2 is 2.29 bits per heavy atom. The first-order chi connectivity index (χ1) is 6.61. The molecule has 1 aromatic rings. The molecule has 3 heteroatoms. The highest BCUT2D eigenvalue weighted by molar-refractivity contribution is 7.09. The third kappa shape index (κ3) is 3.24. The molecule has 1 rings (SSSR count). The van der Waals surface area contributed by atoms with Crippen LogP contribution in [0, 0.1) is 5.92 Å². The van der Waals surface area contributed by atoms with E-state index in [1.807, 2.05) is 31.4 Å². The van der Waals surface area contributed by atoms with Crippen molar-refractivity contribution in [3.63, 3.8) is 0 Å². The fourth-order valence-corrected chi connectivity index (χ4v) is 1.93. The van der Waals surface area contributed by atoms with Gasteiger partial charge < -0.3 is 5.11 Å². The molecule has 0 aromatic carbocycles. The van der Waals surface area contributed by atoms with Crippen molar-refractivity contribution in [1.82, 2.24) is 0 Å². The lowest BCUT2D eigenvalue weighted by Gasteiger charge is -2.12. The van der Waals surface area contributed by atoms with Gasteiger partial charge in [-0.15, -0.1) is 11.3 Å². The summed E-state index contributed by atoms with van der Waals surface area (Å²) in [6.45, 7) is 3.71. The molecular formula is C11H16O2S. The first kappa shape index (κ1) is 11.4. The number of hydrogen-bond acceptors (Lipinski definition) is 3. The van der Waals surface area contributed by atoms with Crippen molar-refractivity contribution >= 4 is 17.1 Å². The topological polar surface area (TPSA) is 37.3 Å². The molecule has 0 bridgehead atoms. The number of aliphatic hydroxyl groups excluding tert-OH is 1. The summed E-state index contributed by atoms with van der Waals surface area (Å²) < 4.78 is 0. The van der Waals surface area contributed by atoms with Crippen LogP contribution in [0.2, 0.25) is 0 Å². The van der Waals surface area contributed by atoms with Crippen LogP contribution in [-0.2, 0) is 11.2 Å². The fraction of sp³-hybridized carbons (Fsp3) is 0.545. The summed E-state index contributed by atoms with van der Waals surface area (Å²) in [6, 6.07) is 3.99. The van der Waals surface area contributed by atoms with Gasteiger partial charge in [0.15, 0.2) is 5.78 Å². The largest absolute Gasteiger partial charge is 0.385 e. The van der Waals surface area contributed by atoms with Crippen LogP contribution >= 0.6 is 11.3 Å². The lowest BCUT2D eigenvalue weighted by molar-refractivity contribution is -0.129. The molecule has 1 heterocycles. The zero-order chi connectivity index (χ0) is 10.6. The summed E-state index contributed by atoms with van der Waals surface area (Å²) in [5.74, 6) is -0.0285. The highest BCUT2D eigenvalue weighted by atomic mass is 32.1. The van der Waals surface area contributed by atoms with Crippen molar-refractivity contribution in [2.45, 2.75) is 32.8 Å². The van der Waals surface area contributed by atoms with Gasteiger partial charge in [-0.3, -0.25) is 4.79 Å². The molecule has 0 amide bonds. The predicted molar refractivity (Wildman–Crippen MR) is 58.5 cm³/mol. The molecule has 0 radical (unpaired) electrons. The smallest absolute Gasteiger partial charge is 0.161 e. The summed E-state index contributed by atoms with van der Waals surface area (Å²) in [7, 11) is 0. The average Bonchev–Trinajstić information content (AvgIpc) is 2.65. The summed E-state index contributed by atoms with van der Waals surface area (Å²) in [5.41, 5.74) is 0. The van der Waals surface area contributed by atoms with Gasteiger partial charge in [0, 0.05) is 11.3 Å². The number of aliphatic hydroxyl groups is 1. The lowest BCUT2D eigenvalue weighted by Crippen LogP contribution is -2.26. The monoisotopic (exact) mass is 212 g/mol. The average molecular weight is 212 g/mol. The molecule has 2 nitrogen and oxygen atoms in total. The van der Waals surface area contributed by atoms with Gasteiger partial charge in [0.1, 0.15) is 6.10 Å². The quantitative estimate of drug-likeness (QED) is 0.813. The van der Waals surface area contributed by atoms with E-state index in [9.17, 15) is 9.90 Å². The van der Waals surface area contributed by atoms with Crippen LogP contribution in [0.15, 0.2) is 17.5 Å². The summed E-state index contributed by atoms with van der Waals surface area (Å²) >= 11 is 1.65. The summed E-state index contributed by atoms with van der Waals surface area (Å²) in [6.07, 6.45) is 0.398. The van der Waals surface area contributed by atoms with Gasteiger partial charge in [-0.1, -0.05) is 19.9 Å². The first-order valence-corrected chi connectivity index (χ1v) is 5.72. The molecule has 1 aromatic heterocycles. The van der Waals surface area contributed by atoms with Crippen LogP contribution in [0.4, 0.5) is 0 Å². The van der Waals surface area contributed by atoms with Crippen molar-refractivity contribution in [3.8, 4) is 0 Å². The number of Topliss-reactive ketones (excluding diaryl/α,β-unsaturated/α-hetero) is 1.